The highest BCUT2D eigenvalue weighted by molar-refractivity contribution is 5.52. The van der Waals surface area contributed by atoms with Crippen molar-refractivity contribution in [1.82, 2.24) is 0 Å². The van der Waals surface area contributed by atoms with Gasteiger partial charge in [0.2, 0.25) is 0 Å². The molecule has 0 atom stereocenters. The molecule has 0 aliphatic heterocycles. The van der Waals surface area contributed by atoms with E-state index in [9.17, 15) is 0 Å². The van der Waals surface area contributed by atoms with Crippen LogP contribution < -0.4 is 14.8 Å². The molecule has 3 aromatic carbocycles. The summed E-state index contributed by atoms with van der Waals surface area (Å²) in [6.07, 6.45) is 0. The second kappa shape index (κ2) is 8.95. The third-order valence-corrected chi connectivity index (χ3v) is 4.15. The average molecular weight is 347 g/mol. The molecule has 3 aromatic rings. The van der Waals surface area contributed by atoms with Gasteiger partial charge in [-0.25, -0.2) is 0 Å². The van der Waals surface area contributed by atoms with Crippen LogP contribution >= 0.6 is 0 Å². The molecule has 0 saturated carbocycles. The standard InChI is InChI=1S/C23H25NO2/c1-18-8-13-23(19(2)16-18)24-17-20-9-11-22(12-10-20)26-15-14-25-21-6-4-3-5-7-21/h3-13,16,24H,14-15,17H2,1-2H3. The van der Waals surface area contributed by atoms with E-state index in [2.05, 4.69) is 49.5 Å². The largest absolute Gasteiger partial charge is 0.490 e. The molecule has 0 bridgehead atoms. The lowest BCUT2D eigenvalue weighted by Gasteiger charge is -2.11. The topological polar surface area (TPSA) is 30.5 Å². The molecule has 0 amide bonds. The van der Waals surface area contributed by atoms with Gasteiger partial charge in [-0.3, -0.25) is 0 Å². The van der Waals surface area contributed by atoms with E-state index in [4.69, 9.17) is 9.47 Å². The van der Waals surface area contributed by atoms with Crippen LogP contribution in [0.25, 0.3) is 0 Å². The highest BCUT2D eigenvalue weighted by Gasteiger charge is 2.00. The van der Waals surface area contributed by atoms with Gasteiger partial charge in [0.05, 0.1) is 0 Å². The summed E-state index contributed by atoms with van der Waals surface area (Å²) in [5, 5.41) is 3.49. The van der Waals surface area contributed by atoms with E-state index in [0.29, 0.717) is 13.2 Å². The van der Waals surface area contributed by atoms with Crippen molar-refractivity contribution in [3.8, 4) is 11.5 Å². The Balaban J connectivity index is 1.43. The summed E-state index contributed by atoms with van der Waals surface area (Å²) in [7, 11) is 0. The summed E-state index contributed by atoms with van der Waals surface area (Å²) < 4.78 is 11.4. The van der Waals surface area contributed by atoms with E-state index in [1.54, 1.807) is 0 Å². The van der Waals surface area contributed by atoms with Gasteiger partial charge in [0.25, 0.3) is 0 Å². The van der Waals surface area contributed by atoms with Crippen molar-refractivity contribution in [1.29, 1.82) is 0 Å². The van der Waals surface area contributed by atoms with Crippen LogP contribution in [-0.4, -0.2) is 13.2 Å². The fourth-order valence-electron chi connectivity index (χ4n) is 2.75. The van der Waals surface area contributed by atoms with Crippen molar-refractivity contribution < 1.29 is 9.47 Å². The van der Waals surface area contributed by atoms with Gasteiger partial charge in [0.15, 0.2) is 0 Å². The summed E-state index contributed by atoms with van der Waals surface area (Å²) in [5.41, 5.74) is 4.95. The molecule has 3 heteroatoms. The molecule has 0 aliphatic carbocycles. The van der Waals surface area contributed by atoms with Crippen LogP contribution in [0.15, 0.2) is 72.8 Å². The molecule has 0 saturated heterocycles. The van der Waals surface area contributed by atoms with E-state index in [-0.39, 0.29) is 0 Å². The van der Waals surface area contributed by atoms with Crippen LogP contribution in [0.1, 0.15) is 16.7 Å². The van der Waals surface area contributed by atoms with Gasteiger partial charge in [-0.15, -0.1) is 0 Å². The van der Waals surface area contributed by atoms with Crippen molar-refractivity contribution >= 4 is 5.69 Å². The van der Waals surface area contributed by atoms with Crippen LogP contribution in [0.4, 0.5) is 5.69 Å². The van der Waals surface area contributed by atoms with Crippen molar-refractivity contribution in [3.05, 3.63) is 89.5 Å². The number of hydrogen-bond acceptors (Lipinski definition) is 3. The number of benzene rings is 3. The average Bonchev–Trinajstić information content (AvgIpc) is 2.66. The SMILES string of the molecule is Cc1ccc(NCc2ccc(OCCOc3ccccc3)cc2)c(C)c1. The molecule has 3 nitrogen and oxygen atoms in total. The number of para-hydroxylation sites is 1. The number of anilines is 1. The predicted molar refractivity (Wildman–Crippen MR) is 107 cm³/mol. The molecule has 0 spiro atoms. The molecule has 0 aromatic heterocycles. The van der Waals surface area contributed by atoms with E-state index in [1.165, 1.54) is 22.4 Å². The number of aryl methyl sites for hydroxylation is 2. The van der Waals surface area contributed by atoms with Crippen molar-refractivity contribution in [3.63, 3.8) is 0 Å². The van der Waals surface area contributed by atoms with Crippen LogP contribution in [0.2, 0.25) is 0 Å². The summed E-state index contributed by atoms with van der Waals surface area (Å²) in [5.74, 6) is 1.72. The van der Waals surface area contributed by atoms with Crippen molar-refractivity contribution in [2.24, 2.45) is 0 Å². The highest BCUT2D eigenvalue weighted by atomic mass is 16.5. The minimum absolute atomic E-state index is 0.523. The zero-order valence-corrected chi connectivity index (χ0v) is 15.4. The van der Waals surface area contributed by atoms with Gasteiger partial charge < -0.3 is 14.8 Å². The Morgan fingerprint density at radius 3 is 2.04 bits per heavy atom. The maximum atomic E-state index is 5.73. The second-order valence-electron chi connectivity index (χ2n) is 6.33. The second-order valence-corrected chi connectivity index (χ2v) is 6.33. The first-order chi connectivity index (χ1) is 12.7. The van der Waals surface area contributed by atoms with Gasteiger partial charge in [-0.2, -0.15) is 0 Å². The molecule has 0 unspecified atom stereocenters. The van der Waals surface area contributed by atoms with E-state index in [1.807, 2.05) is 42.5 Å². The van der Waals surface area contributed by atoms with Crippen LogP contribution in [-0.2, 0) is 6.54 Å². The van der Waals surface area contributed by atoms with E-state index >= 15 is 0 Å². The van der Waals surface area contributed by atoms with Crippen molar-refractivity contribution in [2.75, 3.05) is 18.5 Å². The predicted octanol–water partition coefficient (Wildman–Crippen LogP) is 5.37. The van der Waals surface area contributed by atoms with Crippen LogP contribution in [0, 0.1) is 13.8 Å². The zero-order valence-electron chi connectivity index (χ0n) is 15.4. The molecule has 0 aliphatic rings. The third kappa shape index (κ3) is 5.28. The Hall–Kier alpha value is -2.94. The quantitative estimate of drug-likeness (QED) is 0.555. The first-order valence-corrected chi connectivity index (χ1v) is 8.91. The summed E-state index contributed by atoms with van der Waals surface area (Å²) in [6.45, 7) is 6.08. The van der Waals surface area contributed by atoms with Gasteiger partial charge in [0, 0.05) is 12.2 Å². The molecule has 3 rings (SSSR count). The summed E-state index contributed by atoms with van der Waals surface area (Å²) >= 11 is 0. The Morgan fingerprint density at radius 1 is 0.731 bits per heavy atom. The summed E-state index contributed by atoms with van der Waals surface area (Å²) in [6, 6.07) is 24.4. The number of ether oxygens (including phenoxy) is 2. The molecular formula is C23H25NO2. The first kappa shape index (κ1) is 17.9. The molecule has 26 heavy (non-hydrogen) atoms. The Labute approximate surface area is 155 Å². The lowest BCUT2D eigenvalue weighted by Crippen LogP contribution is -2.09. The lowest BCUT2D eigenvalue weighted by molar-refractivity contribution is 0.217. The van der Waals surface area contributed by atoms with Gasteiger partial charge in [0.1, 0.15) is 24.7 Å². The maximum Gasteiger partial charge on any atom is 0.122 e. The van der Waals surface area contributed by atoms with Crippen molar-refractivity contribution in [2.45, 2.75) is 20.4 Å². The normalized spacial score (nSPS) is 10.4. The van der Waals surface area contributed by atoms with Gasteiger partial charge >= 0.3 is 0 Å². The van der Waals surface area contributed by atoms with Crippen LogP contribution in [0.3, 0.4) is 0 Å². The first-order valence-electron chi connectivity index (χ1n) is 8.91. The van der Waals surface area contributed by atoms with Crippen LogP contribution in [0.5, 0.6) is 11.5 Å². The van der Waals surface area contributed by atoms with Gasteiger partial charge in [-0.05, 0) is 55.3 Å². The van der Waals surface area contributed by atoms with E-state index in [0.717, 1.165) is 18.0 Å². The Bertz CT molecular complexity index is 813. The molecule has 0 heterocycles. The Kier molecular flexibility index (Phi) is 6.15. The smallest absolute Gasteiger partial charge is 0.122 e. The summed E-state index contributed by atoms with van der Waals surface area (Å²) in [4.78, 5) is 0. The maximum absolute atomic E-state index is 5.73. The number of hydrogen-bond donors (Lipinski definition) is 1. The molecule has 134 valence electrons. The van der Waals surface area contributed by atoms with E-state index < -0.39 is 0 Å². The number of rotatable bonds is 8. The monoisotopic (exact) mass is 347 g/mol. The molecule has 1 N–H and O–H groups in total. The minimum atomic E-state index is 0.523. The third-order valence-electron chi connectivity index (χ3n) is 4.15. The van der Waals surface area contributed by atoms with Gasteiger partial charge in [-0.1, -0.05) is 48.0 Å². The fraction of sp³-hybridized carbons (Fsp3) is 0.217. The lowest BCUT2D eigenvalue weighted by atomic mass is 10.1. The molecule has 0 radical (unpaired) electrons. The highest BCUT2D eigenvalue weighted by Crippen LogP contribution is 2.18. The molecule has 0 fully saturated rings. The fourth-order valence-corrected chi connectivity index (χ4v) is 2.75. The number of nitrogens with one attached hydrogen (secondary N) is 1. The molecular weight excluding hydrogens is 322 g/mol. The minimum Gasteiger partial charge on any atom is -0.490 e. The zero-order chi connectivity index (χ0) is 18.2. The Morgan fingerprint density at radius 2 is 1.38 bits per heavy atom.